The predicted molar refractivity (Wildman–Crippen MR) is 172 cm³/mol. The summed E-state index contributed by atoms with van der Waals surface area (Å²) in [5.41, 5.74) is -1.11. The van der Waals surface area contributed by atoms with Crippen molar-refractivity contribution in [2.75, 3.05) is 49.4 Å². The van der Waals surface area contributed by atoms with Crippen molar-refractivity contribution in [2.45, 2.75) is 77.0 Å². The first-order chi connectivity index (χ1) is 19.3. The fourth-order valence-corrected chi connectivity index (χ4v) is 2.75. The molecule has 0 aromatic carbocycles. The van der Waals surface area contributed by atoms with Crippen LogP contribution in [0.2, 0.25) is 0 Å². The summed E-state index contributed by atoms with van der Waals surface area (Å²) in [4.78, 5) is 39.4. The second-order valence-electron chi connectivity index (χ2n) is 8.43. The molecule has 248 valence electrons. The van der Waals surface area contributed by atoms with E-state index in [1.807, 2.05) is 0 Å². The van der Waals surface area contributed by atoms with E-state index in [9.17, 15) is 19.2 Å². The van der Waals surface area contributed by atoms with E-state index in [0.717, 1.165) is 74.4 Å². The van der Waals surface area contributed by atoms with Gasteiger partial charge in [0.25, 0.3) is 0 Å². The number of carboxylic acids is 4. The van der Waals surface area contributed by atoms with Crippen molar-refractivity contribution in [3.05, 3.63) is 0 Å². The Bertz CT molecular complexity index is 497. The molecular formula is C25H52O12S4. The molecule has 0 amide bonds. The molecule has 0 unspecified atom stereocenters. The molecule has 0 rings (SSSR count). The van der Waals surface area contributed by atoms with Gasteiger partial charge < -0.3 is 40.9 Å². The van der Waals surface area contributed by atoms with Crippen molar-refractivity contribution >= 4 is 74.4 Å². The van der Waals surface area contributed by atoms with Crippen LogP contribution >= 0.6 is 50.5 Å². The van der Waals surface area contributed by atoms with Gasteiger partial charge in [-0.2, -0.15) is 50.5 Å². The maximum absolute atomic E-state index is 9.85. The minimum Gasteiger partial charge on any atom is -0.481 e. The third kappa shape index (κ3) is 55.7. The summed E-state index contributed by atoms with van der Waals surface area (Å²) >= 11 is 15.7. The Morgan fingerprint density at radius 2 is 0.561 bits per heavy atom. The van der Waals surface area contributed by atoms with Gasteiger partial charge in [0.1, 0.15) is 0 Å². The van der Waals surface area contributed by atoms with Gasteiger partial charge in [0.15, 0.2) is 0 Å². The van der Waals surface area contributed by atoms with Gasteiger partial charge >= 0.3 is 23.9 Å². The molecule has 0 aliphatic heterocycles. The quantitative estimate of drug-likeness (QED) is 0.0662. The second kappa shape index (κ2) is 41.3. The minimum absolute atomic E-state index is 0.278. The summed E-state index contributed by atoms with van der Waals surface area (Å²) in [5.74, 6) is 0.276. The van der Waals surface area contributed by atoms with E-state index in [1.54, 1.807) is 0 Å². The lowest BCUT2D eigenvalue weighted by atomic mass is 9.93. The lowest BCUT2D eigenvalue weighted by molar-refractivity contribution is -0.138. The molecule has 0 atom stereocenters. The lowest BCUT2D eigenvalue weighted by Crippen LogP contribution is -2.37. The standard InChI is InChI=1S/C5H12O4.4C5H10O2S/c6-1-5(2-7,3-8)4-9;4*6-5(7)3-1-2-4-8/h6-9H,1-4H2;4*8H,1-4H2,(H,6,7). The van der Waals surface area contributed by atoms with Crippen LogP contribution in [0.5, 0.6) is 0 Å². The molecule has 0 aliphatic carbocycles. The van der Waals surface area contributed by atoms with Crippen LogP contribution in [0.25, 0.3) is 0 Å². The van der Waals surface area contributed by atoms with E-state index in [2.05, 4.69) is 50.5 Å². The van der Waals surface area contributed by atoms with Gasteiger partial charge in [-0.05, 0) is 74.4 Å². The number of unbranched alkanes of at least 4 members (excludes halogenated alkanes) is 4. The van der Waals surface area contributed by atoms with Crippen LogP contribution < -0.4 is 0 Å². The maximum Gasteiger partial charge on any atom is 0.303 e. The van der Waals surface area contributed by atoms with Gasteiger partial charge in [0.2, 0.25) is 0 Å². The first-order valence-electron chi connectivity index (χ1n) is 13.1. The van der Waals surface area contributed by atoms with Crippen molar-refractivity contribution in [1.29, 1.82) is 0 Å². The van der Waals surface area contributed by atoms with E-state index in [0.29, 0.717) is 0 Å². The van der Waals surface area contributed by atoms with Crippen molar-refractivity contribution in [3.8, 4) is 0 Å². The fraction of sp³-hybridized carbons (Fsp3) is 0.840. The third-order valence-corrected chi connectivity index (χ3v) is 5.80. The first-order valence-corrected chi connectivity index (χ1v) is 15.6. The number of hydrogen-bond acceptors (Lipinski definition) is 12. The fourth-order valence-electron chi connectivity index (χ4n) is 1.85. The van der Waals surface area contributed by atoms with Crippen molar-refractivity contribution < 1.29 is 60.0 Å². The molecule has 0 heterocycles. The Labute approximate surface area is 265 Å². The topological polar surface area (TPSA) is 230 Å². The Morgan fingerprint density at radius 3 is 0.634 bits per heavy atom. The molecule has 0 bridgehead atoms. The molecule has 0 spiro atoms. The number of aliphatic hydroxyl groups excluding tert-OH is 4. The first kappa shape index (κ1) is 49.8. The summed E-state index contributed by atoms with van der Waals surface area (Å²) in [7, 11) is 0. The van der Waals surface area contributed by atoms with E-state index in [-0.39, 0.29) is 25.7 Å². The van der Waals surface area contributed by atoms with Crippen LogP contribution in [0.3, 0.4) is 0 Å². The Morgan fingerprint density at radius 1 is 0.390 bits per heavy atom. The van der Waals surface area contributed by atoms with Crippen LogP contribution in [-0.4, -0.2) is 114 Å². The summed E-state index contributed by atoms with van der Waals surface area (Å²) in [5, 5.41) is 66.4. The SMILES string of the molecule is O=C(O)CCCCS.O=C(O)CCCCS.O=C(O)CCCCS.O=C(O)CCCCS.OCC(CO)(CO)CO. The van der Waals surface area contributed by atoms with Crippen LogP contribution in [-0.2, 0) is 19.2 Å². The summed E-state index contributed by atoms with van der Waals surface area (Å²) < 4.78 is 0. The van der Waals surface area contributed by atoms with Gasteiger partial charge in [0.05, 0.1) is 31.8 Å². The number of aliphatic hydroxyl groups is 4. The zero-order chi connectivity index (χ0) is 33.0. The Kier molecular flexibility index (Phi) is 50.1. The lowest BCUT2D eigenvalue weighted by Gasteiger charge is -2.23. The highest BCUT2D eigenvalue weighted by molar-refractivity contribution is 7.80. The van der Waals surface area contributed by atoms with Gasteiger partial charge in [0, 0.05) is 25.7 Å². The average Bonchev–Trinajstić information content (AvgIpc) is 2.92. The number of hydrogen-bond donors (Lipinski definition) is 12. The van der Waals surface area contributed by atoms with E-state index < -0.39 is 55.7 Å². The smallest absolute Gasteiger partial charge is 0.303 e. The van der Waals surface area contributed by atoms with Crippen molar-refractivity contribution in [3.63, 3.8) is 0 Å². The number of carboxylic acid groups (broad SMARTS) is 4. The van der Waals surface area contributed by atoms with Gasteiger partial charge in [-0.15, -0.1) is 0 Å². The molecule has 16 heteroatoms. The molecule has 41 heavy (non-hydrogen) atoms. The highest BCUT2D eigenvalue weighted by atomic mass is 32.1. The van der Waals surface area contributed by atoms with Crippen molar-refractivity contribution in [1.82, 2.24) is 0 Å². The molecule has 0 saturated carbocycles. The molecule has 8 N–H and O–H groups in total. The molecule has 0 saturated heterocycles. The number of carbonyl (C=O) groups is 4. The molecule has 0 aromatic heterocycles. The molecule has 0 radical (unpaired) electrons. The Hall–Kier alpha value is -0.880. The van der Waals surface area contributed by atoms with E-state index in [4.69, 9.17) is 40.9 Å². The highest BCUT2D eigenvalue weighted by Gasteiger charge is 2.26. The van der Waals surface area contributed by atoms with Crippen LogP contribution in [0.4, 0.5) is 0 Å². The average molecular weight is 673 g/mol. The number of rotatable bonds is 20. The van der Waals surface area contributed by atoms with Crippen LogP contribution in [0.15, 0.2) is 0 Å². The van der Waals surface area contributed by atoms with Crippen molar-refractivity contribution in [2.24, 2.45) is 5.41 Å². The van der Waals surface area contributed by atoms with E-state index in [1.165, 1.54) is 0 Å². The Balaban J connectivity index is -0.000000132. The summed E-state index contributed by atoms with van der Waals surface area (Å²) in [6.07, 6.45) is 7.70. The van der Waals surface area contributed by atoms with Crippen LogP contribution in [0.1, 0.15) is 77.0 Å². The molecule has 12 nitrogen and oxygen atoms in total. The second-order valence-corrected chi connectivity index (χ2v) is 10.2. The normalized spacial score (nSPS) is 9.76. The largest absolute Gasteiger partial charge is 0.481 e. The molecule has 0 aromatic rings. The van der Waals surface area contributed by atoms with Gasteiger partial charge in [-0.1, -0.05) is 0 Å². The molecular weight excluding hydrogens is 621 g/mol. The highest BCUT2D eigenvalue weighted by Crippen LogP contribution is 2.11. The van der Waals surface area contributed by atoms with Gasteiger partial charge in [-0.25, -0.2) is 0 Å². The van der Waals surface area contributed by atoms with Gasteiger partial charge in [-0.3, -0.25) is 19.2 Å². The number of thiol groups is 4. The predicted octanol–water partition coefficient (Wildman–Crippen LogP) is 2.63. The zero-order valence-corrected chi connectivity index (χ0v) is 27.2. The maximum atomic E-state index is 9.85. The summed E-state index contributed by atoms with van der Waals surface area (Å²) in [6, 6.07) is 0. The molecule has 0 aliphatic rings. The number of aliphatic carboxylic acids is 4. The van der Waals surface area contributed by atoms with Crippen LogP contribution in [0, 0.1) is 5.41 Å². The summed E-state index contributed by atoms with van der Waals surface area (Å²) in [6.45, 7) is -1.62. The third-order valence-electron chi connectivity index (χ3n) is 4.54. The minimum atomic E-state index is -1.11. The molecule has 0 fully saturated rings. The van der Waals surface area contributed by atoms with E-state index >= 15 is 0 Å². The zero-order valence-electron chi connectivity index (χ0n) is 23.6. The monoisotopic (exact) mass is 672 g/mol.